The first-order valence-corrected chi connectivity index (χ1v) is 6.38. The molecular formula is C14H20F2N2O. The van der Waals surface area contributed by atoms with Gasteiger partial charge >= 0.3 is 0 Å². The number of hydrogen-bond donors (Lipinski definition) is 2. The van der Waals surface area contributed by atoms with Crippen LogP contribution in [-0.4, -0.2) is 18.5 Å². The van der Waals surface area contributed by atoms with Crippen LogP contribution in [0.25, 0.3) is 0 Å². The SMILES string of the molecule is CC(C)C(CCN)NC(=O)Cc1c(F)cccc1F. The predicted molar refractivity (Wildman–Crippen MR) is 70.5 cm³/mol. The van der Waals surface area contributed by atoms with Crippen LogP contribution in [0.3, 0.4) is 0 Å². The number of halogens is 2. The second kappa shape index (κ2) is 7.19. The Bertz CT molecular complexity index is 415. The van der Waals surface area contributed by atoms with Crippen LogP contribution < -0.4 is 11.1 Å². The Labute approximate surface area is 112 Å². The van der Waals surface area contributed by atoms with Crippen molar-refractivity contribution >= 4 is 5.91 Å². The molecule has 3 nitrogen and oxygen atoms in total. The molecule has 0 saturated heterocycles. The zero-order valence-corrected chi connectivity index (χ0v) is 11.2. The molecule has 1 unspecified atom stereocenters. The maximum absolute atomic E-state index is 13.4. The Hall–Kier alpha value is -1.49. The van der Waals surface area contributed by atoms with Crippen LogP contribution in [0.1, 0.15) is 25.8 Å². The number of nitrogens with one attached hydrogen (secondary N) is 1. The molecule has 0 aliphatic heterocycles. The van der Waals surface area contributed by atoms with E-state index in [1.807, 2.05) is 13.8 Å². The van der Waals surface area contributed by atoms with E-state index in [9.17, 15) is 13.6 Å². The monoisotopic (exact) mass is 270 g/mol. The molecule has 0 radical (unpaired) electrons. The summed E-state index contributed by atoms with van der Waals surface area (Å²) in [6.45, 7) is 4.38. The first-order chi connectivity index (χ1) is 8.95. The minimum Gasteiger partial charge on any atom is -0.353 e. The van der Waals surface area contributed by atoms with Gasteiger partial charge in [-0.15, -0.1) is 0 Å². The fourth-order valence-electron chi connectivity index (χ4n) is 1.87. The van der Waals surface area contributed by atoms with Crippen molar-refractivity contribution in [2.45, 2.75) is 32.7 Å². The highest BCUT2D eigenvalue weighted by molar-refractivity contribution is 5.79. The van der Waals surface area contributed by atoms with Gasteiger partial charge in [0.1, 0.15) is 11.6 Å². The van der Waals surface area contributed by atoms with Gasteiger partial charge in [-0.2, -0.15) is 0 Å². The smallest absolute Gasteiger partial charge is 0.224 e. The fraction of sp³-hybridized carbons (Fsp3) is 0.500. The summed E-state index contributed by atoms with van der Waals surface area (Å²) in [6.07, 6.45) is 0.343. The van der Waals surface area contributed by atoms with Gasteiger partial charge in [0.15, 0.2) is 0 Å². The molecule has 1 aromatic rings. The molecule has 1 rings (SSSR count). The highest BCUT2D eigenvalue weighted by Gasteiger charge is 2.18. The molecule has 19 heavy (non-hydrogen) atoms. The van der Waals surface area contributed by atoms with Gasteiger partial charge in [0.25, 0.3) is 0 Å². The van der Waals surface area contributed by atoms with Crippen LogP contribution >= 0.6 is 0 Å². The Kier molecular flexibility index (Phi) is 5.89. The molecule has 1 amide bonds. The van der Waals surface area contributed by atoms with Gasteiger partial charge in [0.05, 0.1) is 6.42 Å². The van der Waals surface area contributed by atoms with Crippen molar-refractivity contribution in [2.24, 2.45) is 11.7 Å². The molecule has 0 bridgehead atoms. The standard InChI is InChI=1S/C14H20F2N2O/c1-9(2)13(6-7-17)18-14(19)8-10-11(15)4-3-5-12(10)16/h3-5,9,13H,6-8,17H2,1-2H3,(H,18,19). The second-order valence-electron chi connectivity index (χ2n) is 4.87. The van der Waals surface area contributed by atoms with E-state index < -0.39 is 17.5 Å². The van der Waals surface area contributed by atoms with Crippen molar-refractivity contribution in [2.75, 3.05) is 6.54 Å². The molecule has 1 aromatic carbocycles. The topological polar surface area (TPSA) is 55.1 Å². The van der Waals surface area contributed by atoms with Crippen LogP contribution in [0.2, 0.25) is 0 Å². The summed E-state index contributed by atoms with van der Waals surface area (Å²) >= 11 is 0. The van der Waals surface area contributed by atoms with E-state index in [4.69, 9.17) is 5.73 Å². The van der Waals surface area contributed by atoms with Crippen LogP contribution in [0.4, 0.5) is 8.78 Å². The van der Waals surface area contributed by atoms with Gasteiger partial charge in [0, 0.05) is 11.6 Å². The predicted octanol–water partition coefficient (Wildman–Crippen LogP) is 2.00. The largest absolute Gasteiger partial charge is 0.353 e. The second-order valence-corrected chi connectivity index (χ2v) is 4.87. The summed E-state index contributed by atoms with van der Waals surface area (Å²) in [6, 6.07) is 3.49. The number of nitrogens with two attached hydrogens (primary N) is 1. The number of carbonyl (C=O) groups excluding carboxylic acids is 1. The van der Waals surface area contributed by atoms with Crippen LogP contribution in [-0.2, 0) is 11.2 Å². The Morgan fingerprint density at radius 2 is 1.89 bits per heavy atom. The van der Waals surface area contributed by atoms with E-state index in [1.165, 1.54) is 6.07 Å². The van der Waals surface area contributed by atoms with Crippen LogP contribution in [0, 0.1) is 17.6 Å². The average molecular weight is 270 g/mol. The van der Waals surface area contributed by atoms with Crippen LogP contribution in [0.15, 0.2) is 18.2 Å². The molecule has 0 saturated carbocycles. The molecule has 0 heterocycles. The van der Waals surface area contributed by atoms with Crippen molar-refractivity contribution in [1.29, 1.82) is 0 Å². The van der Waals surface area contributed by atoms with Crippen LogP contribution in [0.5, 0.6) is 0 Å². The molecular weight excluding hydrogens is 250 g/mol. The van der Waals surface area contributed by atoms with E-state index in [1.54, 1.807) is 0 Å². The van der Waals surface area contributed by atoms with E-state index >= 15 is 0 Å². The number of amides is 1. The van der Waals surface area contributed by atoms with Gasteiger partial charge in [-0.3, -0.25) is 4.79 Å². The van der Waals surface area contributed by atoms with E-state index in [0.29, 0.717) is 13.0 Å². The number of benzene rings is 1. The Morgan fingerprint density at radius 3 is 2.37 bits per heavy atom. The zero-order valence-electron chi connectivity index (χ0n) is 11.2. The maximum Gasteiger partial charge on any atom is 0.224 e. The third-order valence-electron chi connectivity index (χ3n) is 3.03. The maximum atomic E-state index is 13.4. The third-order valence-corrected chi connectivity index (χ3v) is 3.03. The molecule has 3 N–H and O–H groups in total. The molecule has 0 aliphatic rings. The lowest BCUT2D eigenvalue weighted by Crippen LogP contribution is -2.40. The van der Waals surface area contributed by atoms with Gasteiger partial charge in [-0.05, 0) is 31.0 Å². The summed E-state index contributed by atoms with van der Waals surface area (Å²) < 4.78 is 26.8. The summed E-state index contributed by atoms with van der Waals surface area (Å²) in [4.78, 5) is 11.8. The summed E-state index contributed by atoms with van der Waals surface area (Å²) in [5, 5.41) is 2.77. The van der Waals surface area contributed by atoms with Gasteiger partial charge in [-0.25, -0.2) is 8.78 Å². The molecule has 0 spiro atoms. The summed E-state index contributed by atoms with van der Waals surface area (Å²) in [5.41, 5.74) is 5.27. The number of rotatable bonds is 6. The summed E-state index contributed by atoms with van der Waals surface area (Å²) in [5.74, 6) is -1.57. The van der Waals surface area contributed by atoms with Crippen molar-refractivity contribution in [3.05, 3.63) is 35.4 Å². The minimum absolute atomic E-state index is 0.0765. The number of hydrogen-bond acceptors (Lipinski definition) is 2. The van der Waals surface area contributed by atoms with Gasteiger partial charge in [0.2, 0.25) is 5.91 Å². The summed E-state index contributed by atoms with van der Waals surface area (Å²) in [7, 11) is 0. The molecule has 1 atom stereocenters. The fourth-order valence-corrected chi connectivity index (χ4v) is 1.87. The van der Waals surface area contributed by atoms with E-state index in [0.717, 1.165) is 12.1 Å². The van der Waals surface area contributed by atoms with E-state index in [2.05, 4.69) is 5.32 Å². The molecule has 106 valence electrons. The molecule has 0 aliphatic carbocycles. The Morgan fingerprint density at radius 1 is 1.32 bits per heavy atom. The van der Waals surface area contributed by atoms with Crippen molar-refractivity contribution in [3.63, 3.8) is 0 Å². The van der Waals surface area contributed by atoms with Crippen molar-refractivity contribution in [3.8, 4) is 0 Å². The first-order valence-electron chi connectivity index (χ1n) is 6.38. The molecule has 0 aromatic heterocycles. The highest BCUT2D eigenvalue weighted by atomic mass is 19.1. The average Bonchev–Trinajstić information content (AvgIpc) is 2.33. The van der Waals surface area contributed by atoms with Crippen molar-refractivity contribution < 1.29 is 13.6 Å². The zero-order chi connectivity index (χ0) is 14.4. The molecule has 0 fully saturated rings. The Balaban J connectivity index is 2.69. The lowest BCUT2D eigenvalue weighted by Gasteiger charge is -2.21. The minimum atomic E-state index is -0.699. The molecule has 5 heteroatoms. The van der Waals surface area contributed by atoms with Gasteiger partial charge < -0.3 is 11.1 Å². The van der Waals surface area contributed by atoms with Gasteiger partial charge in [-0.1, -0.05) is 19.9 Å². The van der Waals surface area contributed by atoms with E-state index in [-0.39, 0.29) is 23.9 Å². The normalized spacial score (nSPS) is 12.5. The number of carbonyl (C=O) groups is 1. The lowest BCUT2D eigenvalue weighted by atomic mass is 10.0. The third kappa shape index (κ3) is 4.59. The lowest BCUT2D eigenvalue weighted by molar-refractivity contribution is -0.121. The highest BCUT2D eigenvalue weighted by Crippen LogP contribution is 2.13. The first kappa shape index (κ1) is 15.6. The quantitative estimate of drug-likeness (QED) is 0.830. The van der Waals surface area contributed by atoms with Crippen molar-refractivity contribution in [1.82, 2.24) is 5.32 Å².